The van der Waals surface area contributed by atoms with Gasteiger partial charge in [0.15, 0.2) is 23.0 Å². The molecule has 1 unspecified atom stereocenters. The highest BCUT2D eigenvalue weighted by molar-refractivity contribution is 5.44. The van der Waals surface area contributed by atoms with E-state index in [0.717, 1.165) is 17.5 Å². The molecule has 2 fully saturated rings. The largest absolute Gasteiger partial charge is 0.504 e. The third kappa shape index (κ3) is 2.75. The molecule has 0 amide bonds. The van der Waals surface area contributed by atoms with Crippen molar-refractivity contribution >= 4 is 0 Å². The van der Waals surface area contributed by atoms with Gasteiger partial charge in [-0.1, -0.05) is 12.1 Å². The molecular formula is C20H22O6. The third-order valence-electron chi connectivity index (χ3n) is 5.31. The molecule has 2 aromatic carbocycles. The number of ether oxygens (including phenoxy) is 4. The smallest absolute Gasteiger partial charge is 0.160 e. The topological polar surface area (TPSA) is 80.7 Å². The second-order valence-corrected chi connectivity index (χ2v) is 6.80. The minimum absolute atomic E-state index is 0.102. The lowest BCUT2D eigenvalue weighted by atomic mass is 9.84. The molecule has 0 saturated carbocycles. The highest BCUT2D eigenvalue weighted by Gasteiger charge is 2.62. The molecule has 2 saturated heterocycles. The van der Waals surface area contributed by atoms with E-state index >= 15 is 0 Å². The van der Waals surface area contributed by atoms with E-state index in [4.69, 9.17) is 18.9 Å². The maximum atomic E-state index is 10.00. The minimum atomic E-state index is -0.364. The van der Waals surface area contributed by atoms with Gasteiger partial charge in [-0.2, -0.15) is 0 Å². The molecule has 0 aromatic heterocycles. The molecule has 6 nitrogen and oxygen atoms in total. The van der Waals surface area contributed by atoms with Crippen LogP contribution in [0.25, 0.3) is 0 Å². The van der Waals surface area contributed by atoms with Crippen LogP contribution in [0.15, 0.2) is 36.4 Å². The van der Waals surface area contributed by atoms with Crippen molar-refractivity contribution in [2.45, 2.75) is 18.1 Å². The Morgan fingerprint density at radius 3 is 2.46 bits per heavy atom. The van der Waals surface area contributed by atoms with Crippen LogP contribution in [0.3, 0.4) is 0 Å². The second-order valence-electron chi connectivity index (χ2n) is 6.80. The van der Waals surface area contributed by atoms with Gasteiger partial charge in [-0.3, -0.25) is 0 Å². The van der Waals surface area contributed by atoms with Crippen LogP contribution in [-0.4, -0.2) is 43.2 Å². The summed E-state index contributed by atoms with van der Waals surface area (Å²) in [5, 5.41) is 19.8. The summed E-state index contributed by atoms with van der Waals surface area (Å²) in [4.78, 5) is 0. The van der Waals surface area contributed by atoms with E-state index in [0.29, 0.717) is 24.7 Å². The summed E-state index contributed by atoms with van der Waals surface area (Å²) in [7, 11) is 3.06. The van der Waals surface area contributed by atoms with Gasteiger partial charge >= 0.3 is 0 Å². The van der Waals surface area contributed by atoms with Gasteiger partial charge in [-0.15, -0.1) is 0 Å². The van der Waals surface area contributed by atoms with Crippen LogP contribution in [-0.2, 0) is 15.9 Å². The Hall–Kier alpha value is -2.44. The number of hydrogen-bond donors (Lipinski definition) is 2. The number of epoxide rings is 1. The van der Waals surface area contributed by atoms with Crippen molar-refractivity contribution < 1.29 is 29.2 Å². The summed E-state index contributed by atoms with van der Waals surface area (Å²) >= 11 is 0. The van der Waals surface area contributed by atoms with Crippen molar-refractivity contribution in [3.8, 4) is 23.0 Å². The fourth-order valence-corrected chi connectivity index (χ4v) is 3.79. The first-order valence-corrected chi connectivity index (χ1v) is 8.55. The Morgan fingerprint density at radius 2 is 1.81 bits per heavy atom. The highest BCUT2D eigenvalue weighted by Crippen LogP contribution is 2.54. The summed E-state index contributed by atoms with van der Waals surface area (Å²) in [6.45, 7) is 1.20. The molecule has 138 valence electrons. The van der Waals surface area contributed by atoms with Crippen LogP contribution in [0.1, 0.15) is 17.2 Å². The Kier molecular flexibility index (Phi) is 4.17. The Labute approximate surface area is 151 Å². The van der Waals surface area contributed by atoms with Crippen LogP contribution < -0.4 is 9.47 Å². The van der Waals surface area contributed by atoms with Gasteiger partial charge in [0.2, 0.25) is 0 Å². The molecule has 0 aliphatic carbocycles. The van der Waals surface area contributed by atoms with Crippen molar-refractivity contribution in [3.05, 3.63) is 47.5 Å². The van der Waals surface area contributed by atoms with Gasteiger partial charge in [0.05, 0.1) is 27.4 Å². The predicted octanol–water partition coefficient (Wildman–Crippen LogP) is 2.81. The molecule has 2 aromatic rings. The molecule has 1 spiro atoms. The first kappa shape index (κ1) is 17.0. The van der Waals surface area contributed by atoms with Crippen molar-refractivity contribution in [2.75, 3.05) is 27.4 Å². The van der Waals surface area contributed by atoms with Gasteiger partial charge in [0, 0.05) is 5.92 Å². The van der Waals surface area contributed by atoms with Crippen molar-refractivity contribution in [3.63, 3.8) is 0 Å². The predicted molar refractivity (Wildman–Crippen MR) is 93.9 cm³/mol. The molecule has 0 radical (unpaired) electrons. The Bertz CT molecular complexity index is 814. The number of hydrogen-bond acceptors (Lipinski definition) is 6. The van der Waals surface area contributed by atoms with Crippen LogP contribution in [0.4, 0.5) is 0 Å². The molecule has 2 N–H and O–H groups in total. The molecule has 3 atom stereocenters. The third-order valence-corrected chi connectivity index (χ3v) is 5.31. The van der Waals surface area contributed by atoms with Gasteiger partial charge in [0.1, 0.15) is 11.7 Å². The summed E-state index contributed by atoms with van der Waals surface area (Å²) in [5.74, 6) is 1.30. The Balaban J connectivity index is 1.55. The number of methoxy groups -OCH3 is 2. The molecule has 4 rings (SSSR count). The van der Waals surface area contributed by atoms with Gasteiger partial charge < -0.3 is 29.2 Å². The molecule has 2 heterocycles. The molecule has 2 aliphatic rings. The zero-order valence-electron chi connectivity index (χ0n) is 14.8. The molecule has 0 bridgehead atoms. The van der Waals surface area contributed by atoms with Crippen molar-refractivity contribution in [1.82, 2.24) is 0 Å². The highest BCUT2D eigenvalue weighted by atomic mass is 16.6. The summed E-state index contributed by atoms with van der Waals surface area (Å²) in [6, 6.07) is 10.7. The van der Waals surface area contributed by atoms with E-state index in [-0.39, 0.29) is 29.1 Å². The number of phenols is 2. The number of phenolic OH excluding ortho intramolecular Hbond substituents is 2. The SMILES string of the molecule is COc1ccc(CC2CO[C@H](c3ccc(O)c(OC)c3)[C@]23CO3)cc1O. The maximum Gasteiger partial charge on any atom is 0.160 e. The number of rotatable bonds is 5. The van der Waals surface area contributed by atoms with E-state index in [9.17, 15) is 10.2 Å². The second kappa shape index (κ2) is 6.37. The quantitative estimate of drug-likeness (QED) is 0.800. The molecule has 26 heavy (non-hydrogen) atoms. The minimum Gasteiger partial charge on any atom is -0.504 e. The first-order valence-electron chi connectivity index (χ1n) is 8.55. The lowest BCUT2D eigenvalue weighted by Gasteiger charge is -2.20. The maximum absolute atomic E-state index is 10.00. The van der Waals surface area contributed by atoms with Crippen LogP contribution in [0.5, 0.6) is 23.0 Å². The van der Waals surface area contributed by atoms with E-state index in [1.165, 1.54) is 14.2 Å². The molecule has 2 aliphatic heterocycles. The van der Waals surface area contributed by atoms with Gasteiger partial charge in [0.25, 0.3) is 0 Å². The van der Waals surface area contributed by atoms with Crippen molar-refractivity contribution in [1.29, 1.82) is 0 Å². The Morgan fingerprint density at radius 1 is 1.04 bits per heavy atom. The van der Waals surface area contributed by atoms with Crippen LogP contribution >= 0.6 is 0 Å². The average Bonchev–Trinajstić information content (AvgIpc) is 3.36. The van der Waals surface area contributed by atoms with Gasteiger partial charge in [-0.05, 0) is 41.8 Å². The molecular weight excluding hydrogens is 336 g/mol. The zero-order valence-corrected chi connectivity index (χ0v) is 14.8. The number of aromatic hydroxyl groups is 2. The van der Waals surface area contributed by atoms with E-state index < -0.39 is 0 Å². The standard InChI is InChI=1S/C20H22O6/c1-23-17-6-3-12(8-16(17)22)7-14-10-25-19(20(14)11-26-20)13-4-5-15(21)18(9-13)24-2/h3-6,8-9,14,19,21-22H,7,10-11H2,1-2H3/t14?,19-,20+/m1/s1. The van der Waals surface area contributed by atoms with Crippen LogP contribution in [0.2, 0.25) is 0 Å². The fraction of sp³-hybridized carbons (Fsp3) is 0.400. The fourth-order valence-electron chi connectivity index (χ4n) is 3.79. The first-order chi connectivity index (χ1) is 12.6. The monoisotopic (exact) mass is 358 g/mol. The summed E-state index contributed by atoms with van der Waals surface area (Å²) in [6.07, 6.45) is 0.539. The average molecular weight is 358 g/mol. The van der Waals surface area contributed by atoms with E-state index in [1.54, 1.807) is 24.3 Å². The summed E-state index contributed by atoms with van der Waals surface area (Å²) in [5.41, 5.74) is 1.57. The van der Waals surface area contributed by atoms with E-state index in [1.807, 2.05) is 12.1 Å². The van der Waals surface area contributed by atoms with Crippen LogP contribution in [0, 0.1) is 5.92 Å². The zero-order chi connectivity index (χ0) is 18.3. The normalized spacial score (nSPS) is 26.8. The van der Waals surface area contributed by atoms with E-state index in [2.05, 4.69) is 0 Å². The lowest BCUT2D eigenvalue weighted by molar-refractivity contribution is 0.0758. The molecule has 6 heteroatoms. The number of benzene rings is 2. The lowest BCUT2D eigenvalue weighted by Crippen LogP contribution is -2.27. The summed E-state index contributed by atoms with van der Waals surface area (Å²) < 4.78 is 22.2. The van der Waals surface area contributed by atoms with Crippen molar-refractivity contribution in [2.24, 2.45) is 5.92 Å². The van der Waals surface area contributed by atoms with Gasteiger partial charge in [-0.25, -0.2) is 0 Å².